The number of aromatic nitrogens is 4. The van der Waals surface area contributed by atoms with E-state index in [0.29, 0.717) is 17.3 Å². The van der Waals surface area contributed by atoms with E-state index in [0.717, 1.165) is 43.8 Å². The van der Waals surface area contributed by atoms with Crippen LogP contribution in [0.25, 0.3) is 11.0 Å². The van der Waals surface area contributed by atoms with Gasteiger partial charge in [0, 0.05) is 6.42 Å². The van der Waals surface area contributed by atoms with E-state index in [9.17, 15) is 4.79 Å². The topological polar surface area (TPSA) is 75.6 Å². The van der Waals surface area contributed by atoms with Gasteiger partial charge in [-0.05, 0) is 31.8 Å². The van der Waals surface area contributed by atoms with Crippen LogP contribution in [0.15, 0.2) is 11.0 Å². The van der Waals surface area contributed by atoms with Gasteiger partial charge in [-0.2, -0.15) is 5.10 Å². The fourth-order valence-corrected chi connectivity index (χ4v) is 3.88. The van der Waals surface area contributed by atoms with Crippen molar-refractivity contribution in [3.8, 4) is 0 Å². The molecule has 1 aliphatic carbocycles. The van der Waals surface area contributed by atoms with Crippen molar-refractivity contribution >= 4 is 11.0 Å². The fourth-order valence-electron chi connectivity index (χ4n) is 3.88. The van der Waals surface area contributed by atoms with E-state index in [1.54, 1.807) is 6.20 Å². The monoisotopic (exact) mass is 301 g/mol. The van der Waals surface area contributed by atoms with E-state index in [1.165, 1.54) is 25.7 Å². The highest BCUT2D eigenvalue weighted by Gasteiger charge is 2.21. The van der Waals surface area contributed by atoms with Gasteiger partial charge in [0.25, 0.3) is 5.56 Å². The van der Waals surface area contributed by atoms with Crippen molar-refractivity contribution in [2.24, 2.45) is 5.92 Å². The molecule has 2 N–H and O–H groups in total. The fraction of sp³-hybridized carbons (Fsp3) is 0.688. The van der Waals surface area contributed by atoms with Gasteiger partial charge in [0.2, 0.25) is 0 Å². The summed E-state index contributed by atoms with van der Waals surface area (Å²) in [6, 6.07) is 0.354. The summed E-state index contributed by atoms with van der Waals surface area (Å²) in [6.45, 7) is 2.01. The first kappa shape index (κ1) is 13.9. The molecule has 4 rings (SSSR count). The molecular formula is C16H23N5O. The van der Waals surface area contributed by atoms with Gasteiger partial charge in [-0.25, -0.2) is 9.67 Å². The van der Waals surface area contributed by atoms with Gasteiger partial charge in [0.1, 0.15) is 11.2 Å². The molecule has 2 aromatic rings. The third-order valence-corrected chi connectivity index (χ3v) is 5.12. The number of hydrogen-bond acceptors (Lipinski definition) is 4. The first-order valence-corrected chi connectivity index (χ1v) is 8.48. The quantitative estimate of drug-likeness (QED) is 0.906. The minimum atomic E-state index is -0.0434. The highest BCUT2D eigenvalue weighted by atomic mass is 16.1. The summed E-state index contributed by atoms with van der Waals surface area (Å²) in [5, 5.41) is 8.44. The number of nitrogens with zero attached hydrogens (tertiary/aromatic N) is 3. The lowest BCUT2D eigenvalue weighted by molar-refractivity contribution is 0.349. The molecule has 1 saturated carbocycles. The van der Waals surface area contributed by atoms with Crippen LogP contribution >= 0.6 is 0 Å². The predicted molar refractivity (Wildman–Crippen MR) is 85.0 cm³/mol. The molecule has 22 heavy (non-hydrogen) atoms. The SMILES string of the molecule is O=c1[nH]c(CC2CCCC2)nc2c1cnn2C1CCNCC1. The van der Waals surface area contributed by atoms with Gasteiger partial charge in [-0.15, -0.1) is 0 Å². The molecule has 0 radical (unpaired) electrons. The highest BCUT2D eigenvalue weighted by molar-refractivity contribution is 5.73. The van der Waals surface area contributed by atoms with Crippen molar-refractivity contribution in [1.29, 1.82) is 0 Å². The Labute approximate surface area is 129 Å². The minimum Gasteiger partial charge on any atom is -0.317 e. The molecule has 118 valence electrons. The molecule has 2 aliphatic rings. The highest BCUT2D eigenvalue weighted by Crippen LogP contribution is 2.27. The molecule has 3 heterocycles. The number of H-pyrrole nitrogens is 1. The summed E-state index contributed by atoms with van der Waals surface area (Å²) in [6.07, 6.45) is 9.79. The van der Waals surface area contributed by atoms with Crippen LogP contribution in [0.5, 0.6) is 0 Å². The van der Waals surface area contributed by atoms with E-state index < -0.39 is 0 Å². The number of rotatable bonds is 3. The summed E-state index contributed by atoms with van der Waals surface area (Å²) in [4.78, 5) is 20.0. The van der Waals surface area contributed by atoms with Gasteiger partial charge in [-0.1, -0.05) is 25.7 Å². The standard InChI is InChI=1S/C16H23N5O/c22-16-13-10-18-21(12-5-7-17-8-6-12)15(13)19-14(20-16)9-11-3-1-2-4-11/h10-12,17H,1-9H2,(H,19,20,22). The molecular weight excluding hydrogens is 278 g/mol. The van der Waals surface area contributed by atoms with Crippen LogP contribution in [-0.4, -0.2) is 32.8 Å². The number of nitrogens with one attached hydrogen (secondary N) is 2. The molecule has 0 bridgehead atoms. The van der Waals surface area contributed by atoms with Crippen molar-refractivity contribution in [3.05, 3.63) is 22.4 Å². The minimum absolute atomic E-state index is 0.0434. The Morgan fingerprint density at radius 2 is 1.95 bits per heavy atom. The number of hydrogen-bond donors (Lipinski definition) is 2. The molecule has 0 spiro atoms. The van der Waals surface area contributed by atoms with Crippen LogP contribution in [0.3, 0.4) is 0 Å². The number of piperidine rings is 1. The molecule has 6 heteroatoms. The first-order chi connectivity index (χ1) is 10.8. The van der Waals surface area contributed by atoms with E-state index >= 15 is 0 Å². The van der Waals surface area contributed by atoms with Crippen molar-refractivity contribution in [3.63, 3.8) is 0 Å². The Hall–Kier alpha value is -1.69. The summed E-state index contributed by atoms with van der Waals surface area (Å²) in [7, 11) is 0. The average Bonchev–Trinajstić information content (AvgIpc) is 3.18. The van der Waals surface area contributed by atoms with Crippen molar-refractivity contribution in [2.75, 3.05) is 13.1 Å². The molecule has 6 nitrogen and oxygen atoms in total. The Kier molecular flexibility index (Phi) is 3.70. The first-order valence-electron chi connectivity index (χ1n) is 8.48. The lowest BCUT2D eigenvalue weighted by atomic mass is 10.0. The molecule has 0 unspecified atom stereocenters. The summed E-state index contributed by atoms with van der Waals surface area (Å²) in [5.74, 6) is 1.51. The maximum atomic E-state index is 12.3. The zero-order valence-corrected chi connectivity index (χ0v) is 12.8. The summed E-state index contributed by atoms with van der Waals surface area (Å²) >= 11 is 0. The van der Waals surface area contributed by atoms with Gasteiger partial charge in [0.05, 0.1) is 12.2 Å². The van der Waals surface area contributed by atoms with E-state index in [2.05, 4.69) is 15.4 Å². The lowest BCUT2D eigenvalue weighted by Gasteiger charge is -2.23. The maximum Gasteiger partial charge on any atom is 0.262 e. The normalized spacial score (nSPS) is 20.9. The van der Waals surface area contributed by atoms with Crippen molar-refractivity contribution < 1.29 is 0 Å². The van der Waals surface area contributed by atoms with E-state index in [1.807, 2.05) is 4.68 Å². The largest absolute Gasteiger partial charge is 0.317 e. The third-order valence-electron chi connectivity index (χ3n) is 5.12. The zero-order valence-electron chi connectivity index (χ0n) is 12.8. The smallest absolute Gasteiger partial charge is 0.262 e. The maximum absolute atomic E-state index is 12.3. The van der Waals surface area contributed by atoms with Crippen LogP contribution in [0, 0.1) is 5.92 Å². The molecule has 2 fully saturated rings. The van der Waals surface area contributed by atoms with Crippen LogP contribution < -0.4 is 10.9 Å². The van der Waals surface area contributed by atoms with E-state index in [-0.39, 0.29) is 5.56 Å². The predicted octanol–water partition coefficient (Wildman–Crippen LogP) is 1.78. The average molecular weight is 301 g/mol. The Morgan fingerprint density at radius 3 is 2.73 bits per heavy atom. The lowest BCUT2D eigenvalue weighted by Crippen LogP contribution is -2.30. The number of fused-ring (bicyclic) bond motifs is 1. The molecule has 0 amide bonds. The Bertz CT molecular complexity index is 707. The van der Waals surface area contributed by atoms with E-state index in [4.69, 9.17) is 4.98 Å². The van der Waals surface area contributed by atoms with Gasteiger partial charge < -0.3 is 10.3 Å². The van der Waals surface area contributed by atoms with Crippen LogP contribution in [0.2, 0.25) is 0 Å². The molecule has 0 atom stereocenters. The van der Waals surface area contributed by atoms with Crippen molar-refractivity contribution in [2.45, 2.75) is 51.0 Å². The molecule has 0 aromatic carbocycles. The zero-order chi connectivity index (χ0) is 14.9. The van der Waals surface area contributed by atoms with Gasteiger partial charge in [0.15, 0.2) is 5.65 Å². The van der Waals surface area contributed by atoms with Crippen LogP contribution in [0.4, 0.5) is 0 Å². The third kappa shape index (κ3) is 2.56. The second kappa shape index (κ2) is 5.83. The Morgan fingerprint density at radius 1 is 1.18 bits per heavy atom. The summed E-state index contributed by atoms with van der Waals surface area (Å²) < 4.78 is 1.98. The summed E-state index contributed by atoms with van der Waals surface area (Å²) in [5.41, 5.74) is 0.724. The van der Waals surface area contributed by atoms with Crippen molar-refractivity contribution in [1.82, 2.24) is 25.1 Å². The molecule has 1 saturated heterocycles. The van der Waals surface area contributed by atoms with Crippen LogP contribution in [-0.2, 0) is 6.42 Å². The second-order valence-electron chi connectivity index (χ2n) is 6.67. The molecule has 1 aliphatic heterocycles. The Balaban J connectivity index is 1.69. The number of aromatic amines is 1. The van der Waals surface area contributed by atoms with Crippen LogP contribution in [0.1, 0.15) is 50.4 Å². The molecule has 2 aromatic heterocycles. The van der Waals surface area contributed by atoms with Gasteiger partial charge >= 0.3 is 0 Å². The second-order valence-corrected chi connectivity index (χ2v) is 6.67. The van der Waals surface area contributed by atoms with Gasteiger partial charge in [-0.3, -0.25) is 4.79 Å².